The van der Waals surface area contributed by atoms with Gasteiger partial charge in [0.25, 0.3) is 5.91 Å². The molecule has 0 fully saturated rings. The van der Waals surface area contributed by atoms with Gasteiger partial charge in [-0.05, 0) is 65.4 Å². The van der Waals surface area contributed by atoms with Crippen molar-refractivity contribution in [3.05, 3.63) is 99.5 Å². The summed E-state index contributed by atoms with van der Waals surface area (Å²) < 4.78 is 1.05. The molecular weight excluding hydrogens is 480 g/mol. The second-order valence-corrected chi connectivity index (χ2v) is 9.24. The van der Waals surface area contributed by atoms with E-state index in [1.807, 2.05) is 24.3 Å². The second kappa shape index (κ2) is 11.7. The van der Waals surface area contributed by atoms with Crippen LogP contribution in [0.1, 0.15) is 59.3 Å². The van der Waals surface area contributed by atoms with Crippen molar-refractivity contribution in [3.63, 3.8) is 0 Å². The molecule has 3 rings (SSSR count). The third-order valence-corrected chi connectivity index (χ3v) is 6.00. The van der Waals surface area contributed by atoms with Crippen molar-refractivity contribution in [3.8, 4) is 0 Å². The Hall–Kier alpha value is -3.12. The summed E-state index contributed by atoms with van der Waals surface area (Å²) in [5, 5.41) is 14.9. The van der Waals surface area contributed by atoms with Gasteiger partial charge < -0.3 is 15.7 Å². The minimum absolute atomic E-state index is 0.0580. The van der Waals surface area contributed by atoms with Crippen LogP contribution in [0.25, 0.3) is 0 Å². The Morgan fingerprint density at radius 1 is 0.879 bits per heavy atom. The van der Waals surface area contributed by atoms with Crippen molar-refractivity contribution in [1.29, 1.82) is 0 Å². The Morgan fingerprint density at radius 3 is 2.06 bits per heavy atom. The minimum atomic E-state index is -0.937. The monoisotopic (exact) mass is 508 g/mol. The van der Waals surface area contributed by atoms with Gasteiger partial charge in [0.1, 0.15) is 0 Å². The quantitative estimate of drug-likeness (QED) is 0.305. The Labute approximate surface area is 203 Å². The summed E-state index contributed by atoms with van der Waals surface area (Å²) in [6.45, 7) is 4.48. The van der Waals surface area contributed by atoms with Crippen LogP contribution < -0.4 is 10.6 Å². The molecule has 0 aliphatic heterocycles. The van der Waals surface area contributed by atoms with Gasteiger partial charge in [0.2, 0.25) is 0 Å². The number of hydrogen-bond donors (Lipinski definition) is 3. The molecule has 5 nitrogen and oxygen atoms in total. The molecule has 3 aromatic carbocycles. The minimum Gasteiger partial charge on any atom is -0.481 e. The summed E-state index contributed by atoms with van der Waals surface area (Å²) in [7, 11) is 0. The molecule has 0 aliphatic rings. The molecule has 0 saturated heterocycles. The third-order valence-electron chi connectivity index (χ3n) is 5.47. The normalized spacial score (nSPS) is 11.8. The van der Waals surface area contributed by atoms with E-state index in [2.05, 4.69) is 76.8 Å². The lowest BCUT2D eigenvalue weighted by molar-refractivity contribution is -0.136. The summed E-state index contributed by atoms with van der Waals surface area (Å²) in [6.07, 6.45) is 0.713. The molecule has 0 aromatic heterocycles. The number of halogens is 1. The van der Waals surface area contributed by atoms with Gasteiger partial charge in [-0.2, -0.15) is 0 Å². The second-order valence-electron chi connectivity index (χ2n) is 8.33. The lowest BCUT2D eigenvalue weighted by atomic mass is 9.95. The number of aliphatic carboxylic acids is 1. The van der Waals surface area contributed by atoms with Gasteiger partial charge in [-0.15, -0.1) is 0 Å². The van der Waals surface area contributed by atoms with Crippen molar-refractivity contribution in [1.82, 2.24) is 5.32 Å². The largest absolute Gasteiger partial charge is 0.481 e. The molecular formula is C27H29BrN2O3. The van der Waals surface area contributed by atoms with Gasteiger partial charge in [0.05, 0.1) is 12.5 Å². The van der Waals surface area contributed by atoms with Gasteiger partial charge in [0, 0.05) is 22.3 Å². The first-order valence-corrected chi connectivity index (χ1v) is 11.8. The third kappa shape index (κ3) is 7.46. The lowest BCUT2D eigenvalue weighted by Crippen LogP contribution is -2.25. The standard InChI is InChI=1S/C27H29BrN2O3/c1-18(2)20-5-7-21(8-6-20)25(17-19-3-11-23(28)12-4-19)30-24-13-9-22(10-14-24)27(33)29-16-15-26(31)32/h3-14,18,25,30H,15-17H2,1-2H3,(H,29,33)(H,31,32). The first-order valence-electron chi connectivity index (χ1n) is 11.0. The SMILES string of the molecule is CC(C)c1ccc(C(Cc2ccc(Br)cc2)Nc2ccc(C(=O)NCCC(=O)O)cc2)cc1. The Morgan fingerprint density at radius 2 is 1.48 bits per heavy atom. The van der Waals surface area contributed by atoms with Crippen LogP contribution in [0.5, 0.6) is 0 Å². The van der Waals surface area contributed by atoms with Crippen molar-refractivity contribution in [2.75, 3.05) is 11.9 Å². The van der Waals surface area contributed by atoms with E-state index in [0.29, 0.717) is 11.5 Å². The number of nitrogens with one attached hydrogen (secondary N) is 2. The predicted molar refractivity (Wildman–Crippen MR) is 136 cm³/mol. The first-order chi connectivity index (χ1) is 15.8. The van der Waals surface area contributed by atoms with Crippen molar-refractivity contribution in [2.45, 2.75) is 38.6 Å². The highest BCUT2D eigenvalue weighted by Gasteiger charge is 2.14. The average molecular weight is 509 g/mol. The maximum Gasteiger partial charge on any atom is 0.305 e. The number of anilines is 1. The molecule has 0 heterocycles. The molecule has 0 saturated carbocycles. The van der Waals surface area contributed by atoms with E-state index in [9.17, 15) is 9.59 Å². The molecule has 0 spiro atoms. The summed E-state index contributed by atoms with van der Waals surface area (Å²) in [6, 6.07) is 24.4. The van der Waals surface area contributed by atoms with E-state index in [1.165, 1.54) is 16.7 Å². The van der Waals surface area contributed by atoms with Crippen LogP contribution >= 0.6 is 15.9 Å². The fraction of sp³-hybridized carbons (Fsp3) is 0.259. The molecule has 3 aromatic rings. The van der Waals surface area contributed by atoms with E-state index in [1.54, 1.807) is 12.1 Å². The van der Waals surface area contributed by atoms with Crippen LogP contribution in [0.4, 0.5) is 5.69 Å². The number of hydrogen-bond acceptors (Lipinski definition) is 3. The fourth-order valence-electron chi connectivity index (χ4n) is 3.53. The van der Waals surface area contributed by atoms with Crippen LogP contribution in [0.2, 0.25) is 0 Å². The van der Waals surface area contributed by atoms with Crippen LogP contribution in [0.15, 0.2) is 77.3 Å². The van der Waals surface area contributed by atoms with Crippen molar-refractivity contribution >= 4 is 33.5 Å². The molecule has 1 unspecified atom stereocenters. The van der Waals surface area contributed by atoms with Crippen molar-refractivity contribution < 1.29 is 14.7 Å². The van der Waals surface area contributed by atoms with E-state index in [-0.39, 0.29) is 24.9 Å². The summed E-state index contributed by atoms with van der Waals surface area (Å²) in [4.78, 5) is 22.8. The van der Waals surface area contributed by atoms with E-state index in [0.717, 1.165) is 16.6 Å². The van der Waals surface area contributed by atoms with Crippen LogP contribution in [-0.4, -0.2) is 23.5 Å². The van der Waals surface area contributed by atoms with Crippen LogP contribution in [0, 0.1) is 0 Å². The van der Waals surface area contributed by atoms with Gasteiger partial charge in [0.15, 0.2) is 0 Å². The zero-order valence-electron chi connectivity index (χ0n) is 18.8. The summed E-state index contributed by atoms with van der Waals surface area (Å²) >= 11 is 3.50. The van der Waals surface area contributed by atoms with Crippen LogP contribution in [-0.2, 0) is 11.2 Å². The highest BCUT2D eigenvalue weighted by atomic mass is 79.9. The predicted octanol–water partition coefficient (Wildman–Crippen LogP) is 6.17. The number of carboxylic acids is 1. The van der Waals surface area contributed by atoms with E-state index in [4.69, 9.17) is 5.11 Å². The van der Waals surface area contributed by atoms with Gasteiger partial charge in [-0.1, -0.05) is 66.2 Å². The smallest absolute Gasteiger partial charge is 0.305 e. The zero-order chi connectivity index (χ0) is 23.8. The topological polar surface area (TPSA) is 78.4 Å². The average Bonchev–Trinajstić information content (AvgIpc) is 2.80. The number of amides is 1. The highest BCUT2D eigenvalue weighted by molar-refractivity contribution is 9.10. The van der Waals surface area contributed by atoms with E-state index < -0.39 is 5.97 Å². The molecule has 0 bridgehead atoms. The zero-order valence-corrected chi connectivity index (χ0v) is 20.4. The summed E-state index contributed by atoms with van der Waals surface area (Å²) in [5.41, 5.74) is 5.12. The Balaban J connectivity index is 1.75. The highest BCUT2D eigenvalue weighted by Crippen LogP contribution is 2.26. The Bertz CT molecular complexity index is 1060. The maximum atomic E-state index is 12.2. The van der Waals surface area contributed by atoms with Crippen molar-refractivity contribution in [2.24, 2.45) is 0 Å². The van der Waals surface area contributed by atoms with E-state index >= 15 is 0 Å². The van der Waals surface area contributed by atoms with Crippen LogP contribution in [0.3, 0.4) is 0 Å². The molecule has 1 amide bonds. The number of carbonyl (C=O) groups excluding carboxylic acids is 1. The molecule has 3 N–H and O–H groups in total. The van der Waals surface area contributed by atoms with Gasteiger partial charge in [-0.25, -0.2) is 0 Å². The first kappa shape index (κ1) is 24.5. The molecule has 6 heteroatoms. The Kier molecular flexibility index (Phi) is 8.66. The maximum absolute atomic E-state index is 12.2. The summed E-state index contributed by atoms with van der Waals surface area (Å²) in [5.74, 6) is -0.738. The van der Waals surface area contributed by atoms with Gasteiger partial charge >= 0.3 is 5.97 Å². The molecule has 172 valence electrons. The number of benzene rings is 3. The fourth-order valence-corrected chi connectivity index (χ4v) is 3.79. The number of carboxylic acid groups (broad SMARTS) is 1. The lowest BCUT2D eigenvalue weighted by Gasteiger charge is -2.22. The molecule has 1 atom stereocenters. The number of rotatable bonds is 10. The van der Waals surface area contributed by atoms with Gasteiger partial charge in [-0.3, -0.25) is 9.59 Å². The molecule has 33 heavy (non-hydrogen) atoms. The molecule has 0 radical (unpaired) electrons. The molecule has 0 aliphatic carbocycles. The number of carbonyl (C=O) groups is 2.